The van der Waals surface area contributed by atoms with Crippen LogP contribution in [0, 0.1) is 0 Å². The van der Waals surface area contributed by atoms with Gasteiger partial charge in [0.15, 0.2) is 0 Å². The van der Waals surface area contributed by atoms with Gasteiger partial charge in [0.05, 0.1) is 0 Å². The predicted molar refractivity (Wildman–Crippen MR) is 103 cm³/mol. The summed E-state index contributed by atoms with van der Waals surface area (Å²) in [4.78, 5) is 23.7. The molecule has 130 valence electrons. The van der Waals surface area contributed by atoms with Crippen LogP contribution in [0.1, 0.15) is 21.5 Å². The van der Waals surface area contributed by atoms with E-state index in [2.05, 4.69) is 10.6 Å². The van der Waals surface area contributed by atoms with Gasteiger partial charge in [-0.05, 0) is 41.8 Å². The van der Waals surface area contributed by atoms with E-state index in [0.717, 1.165) is 11.1 Å². The zero-order chi connectivity index (χ0) is 18.4. The fraction of sp³-hybridized carbons (Fsp3) is 0.0476. The van der Waals surface area contributed by atoms with E-state index in [9.17, 15) is 9.59 Å². The highest BCUT2D eigenvalue weighted by atomic mass is 16.2. The molecule has 0 saturated carbocycles. The molecule has 3 amide bonds. The Balaban J connectivity index is 1.79. The summed E-state index contributed by atoms with van der Waals surface area (Å²) in [5, 5.41) is 5.36. The molecule has 0 atom stereocenters. The van der Waals surface area contributed by atoms with Gasteiger partial charge in [-0.2, -0.15) is 0 Å². The molecule has 3 aromatic rings. The lowest BCUT2D eigenvalue weighted by Crippen LogP contribution is -2.19. The van der Waals surface area contributed by atoms with Gasteiger partial charge >= 0.3 is 6.03 Å². The predicted octanol–water partition coefficient (Wildman–Crippen LogP) is 4.02. The average molecular weight is 345 g/mol. The highest BCUT2D eigenvalue weighted by molar-refractivity contribution is 6.05. The Morgan fingerprint density at radius 1 is 0.769 bits per heavy atom. The topological polar surface area (TPSA) is 84.2 Å². The number of nitrogens with two attached hydrogens (primary N) is 1. The van der Waals surface area contributed by atoms with Crippen molar-refractivity contribution in [2.45, 2.75) is 6.42 Å². The van der Waals surface area contributed by atoms with Crippen LogP contribution in [0.25, 0.3) is 0 Å². The molecule has 0 spiro atoms. The van der Waals surface area contributed by atoms with Gasteiger partial charge in [-0.15, -0.1) is 0 Å². The van der Waals surface area contributed by atoms with Crippen LogP contribution in [0.3, 0.4) is 0 Å². The monoisotopic (exact) mass is 345 g/mol. The molecule has 26 heavy (non-hydrogen) atoms. The Hall–Kier alpha value is -3.60. The molecule has 5 nitrogen and oxygen atoms in total. The van der Waals surface area contributed by atoms with E-state index >= 15 is 0 Å². The summed E-state index contributed by atoms with van der Waals surface area (Å²) in [6.07, 6.45) is 0.674. The van der Waals surface area contributed by atoms with Gasteiger partial charge in [0.25, 0.3) is 5.91 Å². The first-order chi connectivity index (χ1) is 12.6. The van der Waals surface area contributed by atoms with E-state index in [4.69, 9.17) is 5.73 Å². The van der Waals surface area contributed by atoms with Gasteiger partial charge in [0.1, 0.15) is 0 Å². The number of carbonyl (C=O) groups is 2. The number of nitrogens with one attached hydrogen (secondary N) is 2. The third-order valence-corrected chi connectivity index (χ3v) is 3.89. The molecule has 0 aromatic heterocycles. The summed E-state index contributed by atoms with van der Waals surface area (Å²) in [5.74, 6) is -0.201. The maximum Gasteiger partial charge on any atom is 0.316 e. The van der Waals surface area contributed by atoms with Crippen LogP contribution in [-0.2, 0) is 6.42 Å². The standard InChI is InChI=1S/C21H19N3O2/c22-21(26)24-18-11-6-10-17(14-18)23-20(25)19-12-5-4-9-16(19)13-15-7-2-1-3-8-15/h1-12,14H,13H2,(H,23,25)(H3,22,24,26). The molecule has 5 heteroatoms. The Kier molecular flexibility index (Phi) is 5.29. The quantitative estimate of drug-likeness (QED) is 0.652. The van der Waals surface area contributed by atoms with E-state index in [0.29, 0.717) is 23.4 Å². The smallest absolute Gasteiger partial charge is 0.316 e. The maximum atomic E-state index is 12.7. The van der Waals surface area contributed by atoms with Gasteiger partial charge in [-0.1, -0.05) is 54.6 Å². The molecule has 3 rings (SSSR count). The molecule has 0 heterocycles. The van der Waals surface area contributed by atoms with Crippen molar-refractivity contribution < 1.29 is 9.59 Å². The van der Waals surface area contributed by atoms with E-state index in [-0.39, 0.29) is 5.91 Å². The van der Waals surface area contributed by atoms with E-state index < -0.39 is 6.03 Å². The SMILES string of the molecule is NC(=O)Nc1cccc(NC(=O)c2ccccc2Cc2ccccc2)c1. The lowest BCUT2D eigenvalue weighted by atomic mass is 9.99. The molecule has 0 aliphatic rings. The number of carbonyl (C=O) groups excluding carboxylic acids is 2. The zero-order valence-electron chi connectivity index (χ0n) is 14.1. The lowest BCUT2D eigenvalue weighted by molar-refractivity contribution is 0.102. The number of primary amides is 1. The summed E-state index contributed by atoms with van der Waals surface area (Å²) < 4.78 is 0. The first kappa shape index (κ1) is 17.2. The summed E-state index contributed by atoms with van der Waals surface area (Å²) in [5.41, 5.74) is 8.92. The fourth-order valence-electron chi connectivity index (χ4n) is 2.73. The molecule has 3 aromatic carbocycles. The lowest BCUT2D eigenvalue weighted by Gasteiger charge is -2.11. The Bertz CT molecular complexity index is 923. The normalized spacial score (nSPS) is 10.2. The summed E-state index contributed by atoms with van der Waals surface area (Å²) in [6, 6.07) is 23.7. The number of amides is 3. The second-order valence-electron chi connectivity index (χ2n) is 5.84. The van der Waals surface area contributed by atoms with E-state index in [1.165, 1.54) is 0 Å². The minimum Gasteiger partial charge on any atom is -0.351 e. The van der Waals surface area contributed by atoms with Crippen LogP contribution in [0.2, 0.25) is 0 Å². The number of hydrogen-bond donors (Lipinski definition) is 3. The second-order valence-corrected chi connectivity index (χ2v) is 5.84. The number of anilines is 2. The van der Waals surface area contributed by atoms with Crippen molar-refractivity contribution >= 4 is 23.3 Å². The van der Waals surface area contributed by atoms with Crippen LogP contribution < -0.4 is 16.4 Å². The van der Waals surface area contributed by atoms with Crippen molar-refractivity contribution in [3.05, 3.63) is 95.6 Å². The van der Waals surface area contributed by atoms with Crippen LogP contribution in [0.4, 0.5) is 16.2 Å². The first-order valence-electron chi connectivity index (χ1n) is 8.21. The van der Waals surface area contributed by atoms with Crippen molar-refractivity contribution in [3.8, 4) is 0 Å². The number of hydrogen-bond acceptors (Lipinski definition) is 2. The third kappa shape index (κ3) is 4.48. The van der Waals surface area contributed by atoms with Gasteiger partial charge in [0, 0.05) is 16.9 Å². The maximum absolute atomic E-state index is 12.7. The summed E-state index contributed by atoms with van der Waals surface area (Å²) >= 11 is 0. The van der Waals surface area contributed by atoms with Crippen molar-refractivity contribution in [1.29, 1.82) is 0 Å². The molecule has 0 aliphatic carbocycles. The second kappa shape index (κ2) is 7.98. The Morgan fingerprint density at radius 3 is 2.15 bits per heavy atom. The molecule has 0 radical (unpaired) electrons. The summed E-state index contributed by atoms with van der Waals surface area (Å²) in [6.45, 7) is 0. The Labute approximate surface area is 151 Å². The van der Waals surface area contributed by atoms with Crippen molar-refractivity contribution in [2.75, 3.05) is 10.6 Å². The molecule has 0 unspecified atom stereocenters. The third-order valence-electron chi connectivity index (χ3n) is 3.89. The first-order valence-corrected chi connectivity index (χ1v) is 8.21. The van der Waals surface area contributed by atoms with Crippen molar-refractivity contribution in [2.24, 2.45) is 5.73 Å². The van der Waals surface area contributed by atoms with Gasteiger partial charge < -0.3 is 16.4 Å². The van der Waals surface area contributed by atoms with Gasteiger partial charge in [-0.3, -0.25) is 4.79 Å². The molecule has 4 N–H and O–H groups in total. The molecular formula is C21H19N3O2. The average Bonchev–Trinajstić information content (AvgIpc) is 2.63. The molecular weight excluding hydrogens is 326 g/mol. The van der Waals surface area contributed by atoms with Crippen molar-refractivity contribution in [3.63, 3.8) is 0 Å². The van der Waals surface area contributed by atoms with Gasteiger partial charge in [0.2, 0.25) is 0 Å². The highest BCUT2D eigenvalue weighted by Crippen LogP contribution is 2.19. The van der Waals surface area contributed by atoms with Crippen LogP contribution >= 0.6 is 0 Å². The number of urea groups is 1. The van der Waals surface area contributed by atoms with Crippen LogP contribution in [-0.4, -0.2) is 11.9 Å². The van der Waals surface area contributed by atoms with E-state index in [1.54, 1.807) is 30.3 Å². The van der Waals surface area contributed by atoms with Gasteiger partial charge in [-0.25, -0.2) is 4.79 Å². The molecule has 0 bridgehead atoms. The Morgan fingerprint density at radius 2 is 1.42 bits per heavy atom. The molecule has 0 saturated heterocycles. The highest BCUT2D eigenvalue weighted by Gasteiger charge is 2.12. The fourth-order valence-corrected chi connectivity index (χ4v) is 2.73. The minimum absolute atomic E-state index is 0.201. The zero-order valence-corrected chi connectivity index (χ0v) is 14.1. The van der Waals surface area contributed by atoms with E-state index in [1.807, 2.05) is 48.5 Å². The number of benzene rings is 3. The molecule has 0 fully saturated rings. The number of rotatable bonds is 5. The van der Waals surface area contributed by atoms with Crippen LogP contribution in [0.5, 0.6) is 0 Å². The van der Waals surface area contributed by atoms with Crippen LogP contribution in [0.15, 0.2) is 78.9 Å². The molecule has 0 aliphatic heterocycles. The largest absolute Gasteiger partial charge is 0.351 e. The van der Waals surface area contributed by atoms with Crippen molar-refractivity contribution in [1.82, 2.24) is 0 Å². The minimum atomic E-state index is -0.651. The summed E-state index contributed by atoms with van der Waals surface area (Å²) in [7, 11) is 0.